The van der Waals surface area contributed by atoms with Gasteiger partial charge in [-0.1, -0.05) is 6.07 Å². The van der Waals surface area contributed by atoms with Crippen molar-refractivity contribution >= 4 is 23.1 Å². The molecule has 0 spiro atoms. The zero-order valence-corrected chi connectivity index (χ0v) is 13.4. The van der Waals surface area contributed by atoms with Crippen molar-refractivity contribution in [2.24, 2.45) is 7.05 Å². The number of rotatable bonds is 4. The molecule has 9 nitrogen and oxygen atoms in total. The van der Waals surface area contributed by atoms with Crippen molar-refractivity contribution in [3.63, 3.8) is 0 Å². The molecule has 4 rings (SSSR count). The third kappa shape index (κ3) is 2.35. The largest absolute Gasteiger partial charge is 0.366 e. The van der Waals surface area contributed by atoms with Gasteiger partial charge in [-0.15, -0.1) is 10.2 Å². The Labute approximate surface area is 139 Å². The highest BCUT2D eigenvalue weighted by atomic mass is 32.2. The maximum Gasteiger partial charge on any atom is 0.366 e. The molecule has 0 unspecified atom stereocenters. The fraction of sp³-hybridized carbons (Fsp3) is 0.286. The molecule has 10 heteroatoms. The van der Waals surface area contributed by atoms with Crippen LogP contribution in [0.3, 0.4) is 0 Å². The predicted molar refractivity (Wildman–Crippen MR) is 85.2 cm³/mol. The van der Waals surface area contributed by atoms with Crippen molar-refractivity contribution in [3.05, 3.63) is 50.7 Å². The fourth-order valence-corrected chi connectivity index (χ4v) is 3.37. The molecule has 24 heavy (non-hydrogen) atoms. The summed E-state index contributed by atoms with van der Waals surface area (Å²) < 4.78 is 2.97. The van der Waals surface area contributed by atoms with E-state index in [-0.39, 0.29) is 5.03 Å². The first-order valence-electron chi connectivity index (χ1n) is 7.29. The lowest BCUT2D eigenvalue weighted by Crippen LogP contribution is -2.19. The average Bonchev–Trinajstić information content (AvgIpc) is 3.33. The molecule has 0 bridgehead atoms. The molecule has 122 valence electrons. The number of aromatic nitrogens is 5. The molecule has 0 aliphatic heterocycles. The molecular weight excluding hydrogens is 332 g/mol. The lowest BCUT2D eigenvalue weighted by molar-refractivity contribution is -0.389. The Morgan fingerprint density at radius 2 is 2.12 bits per heavy atom. The Bertz CT molecular complexity index is 1020. The van der Waals surface area contributed by atoms with Crippen molar-refractivity contribution < 1.29 is 4.92 Å². The summed E-state index contributed by atoms with van der Waals surface area (Å²) in [5, 5.41) is 20.1. The minimum absolute atomic E-state index is 0.0223. The molecule has 0 amide bonds. The van der Waals surface area contributed by atoms with E-state index < -0.39 is 16.2 Å². The summed E-state index contributed by atoms with van der Waals surface area (Å²) in [6.07, 6.45) is 3.61. The van der Waals surface area contributed by atoms with E-state index in [1.807, 2.05) is 7.05 Å². The number of hydrogen-bond acceptors (Lipinski definition) is 7. The number of fused-ring (bicyclic) bond motifs is 1. The quantitative estimate of drug-likeness (QED) is 0.403. The van der Waals surface area contributed by atoms with Gasteiger partial charge in [0.05, 0.1) is 4.92 Å². The number of hydrogen-bond donors (Lipinski definition) is 0. The van der Waals surface area contributed by atoms with Crippen molar-refractivity contribution in [3.8, 4) is 0 Å². The molecule has 1 aliphatic rings. The van der Waals surface area contributed by atoms with Gasteiger partial charge in [-0.2, -0.15) is 0 Å². The zero-order valence-electron chi connectivity index (χ0n) is 12.6. The van der Waals surface area contributed by atoms with E-state index in [2.05, 4.69) is 15.2 Å². The molecule has 0 radical (unpaired) electrons. The lowest BCUT2D eigenvalue weighted by Gasteiger charge is -2.05. The van der Waals surface area contributed by atoms with Crippen LogP contribution in [0.25, 0.3) is 5.65 Å². The molecule has 0 N–H and O–H groups in total. The first-order chi connectivity index (χ1) is 11.6. The van der Waals surface area contributed by atoms with Gasteiger partial charge in [0, 0.05) is 19.2 Å². The first-order valence-corrected chi connectivity index (χ1v) is 8.11. The Balaban J connectivity index is 1.85. The monoisotopic (exact) mass is 344 g/mol. The van der Waals surface area contributed by atoms with Gasteiger partial charge in [0.25, 0.3) is 0 Å². The van der Waals surface area contributed by atoms with Crippen LogP contribution in [0.15, 0.2) is 39.4 Å². The van der Waals surface area contributed by atoms with Crippen LogP contribution in [0, 0.1) is 10.1 Å². The maximum atomic E-state index is 12.4. The summed E-state index contributed by atoms with van der Waals surface area (Å²) in [5.41, 5.74) is -0.919. The minimum atomic E-state index is -0.710. The molecule has 3 heterocycles. The highest BCUT2D eigenvalue weighted by Crippen LogP contribution is 2.40. The van der Waals surface area contributed by atoms with E-state index in [4.69, 9.17) is 0 Å². The van der Waals surface area contributed by atoms with Crippen LogP contribution in [0.5, 0.6) is 0 Å². The summed E-state index contributed by atoms with van der Waals surface area (Å²) in [4.78, 5) is 27.4. The van der Waals surface area contributed by atoms with Crippen molar-refractivity contribution in [1.82, 2.24) is 24.1 Å². The molecule has 0 aromatic carbocycles. The molecule has 0 atom stereocenters. The Hall–Kier alpha value is -2.75. The highest BCUT2D eigenvalue weighted by Gasteiger charge is 2.31. The van der Waals surface area contributed by atoms with Crippen LogP contribution in [0.2, 0.25) is 0 Å². The SMILES string of the molecule is Cn1c(Sc2nc3ccccn3c(=O)c2[N+](=O)[O-])nnc1C1CC1. The van der Waals surface area contributed by atoms with Gasteiger partial charge in [-0.3, -0.25) is 19.3 Å². The summed E-state index contributed by atoms with van der Waals surface area (Å²) in [6, 6.07) is 4.97. The smallest absolute Gasteiger partial charge is 0.309 e. The fourth-order valence-electron chi connectivity index (χ4n) is 2.49. The van der Waals surface area contributed by atoms with E-state index in [0.717, 1.165) is 34.8 Å². The van der Waals surface area contributed by atoms with Gasteiger partial charge in [-0.05, 0) is 36.7 Å². The molecule has 1 saturated carbocycles. The number of pyridine rings is 1. The van der Waals surface area contributed by atoms with Crippen LogP contribution in [0.4, 0.5) is 5.69 Å². The second kappa shape index (κ2) is 5.41. The number of nitro groups is 1. The van der Waals surface area contributed by atoms with Crippen LogP contribution in [-0.4, -0.2) is 29.1 Å². The van der Waals surface area contributed by atoms with Gasteiger partial charge < -0.3 is 4.57 Å². The van der Waals surface area contributed by atoms with Gasteiger partial charge in [-0.25, -0.2) is 4.98 Å². The second-order valence-electron chi connectivity index (χ2n) is 5.53. The highest BCUT2D eigenvalue weighted by molar-refractivity contribution is 7.99. The molecule has 1 fully saturated rings. The van der Waals surface area contributed by atoms with Gasteiger partial charge >= 0.3 is 11.2 Å². The van der Waals surface area contributed by atoms with Gasteiger partial charge in [0.1, 0.15) is 11.5 Å². The summed E-state index contributed by atoms with van der Waals surface area (Å²) in [5.74, 6) is 1.26. The van der Waals surface area contributed by atoms with E-state index >= 15 is 0 Å². The minimum Gasteiger partial charge on any atom is -0.309 e. The summed E-state index contributed by atoms with van der Waals surface area (Å²) >= 11 is 0.987. The standard InChI is InChI=1S/C14H12N6O3S/c1-18-11(8-5-6-8)16-17-14(18)24-12-10(20(22)23)13(21)19-7-3-2-4-9(19)15-12/h2-4,7-8H,5-6H2,1H3. The Morgan fingerprint density at radius 3 is 2.83 bits per heavy atom. The van der Waals surface area contributed by atoms with Crippen LogP contribution < -0.4 is 5.56 Å². The van der Waals surface area contributed by atoms with Crippen LogP contribution in [0.1, 0.15) is 24.6 Å². The third-order valence-electron chi connectivity index (χ3n) is 3.86. The predicted octanol–water partition coefficient (Wildman–Crippen LogP) is 1.76. The summed E-state index contributed by atoms with van der Waals surface area (Å²) in [7, 11) is 1.82. The van der Waals surface area contributed by atoms with Crippen molar-refractivity contribution in [2.45, 2.75) is 28.9 Å². The normalized spacial score (nSPS) is 14.2. The van der Waals surface area contributed by atoms with E-state index in [1.165, 1.54) is 6.20 Å². The maximum absolute atomic E-state index is 12.4. The Morgan fingerprint density at radius 1 is 1.33 bits per heavy atom. The molecule has 0 saturated heterocycles. The van der Waals surface area contributed by atoms with Crippen LogP contribution >= 0.6 is 11.8 Å². The molecule has 1 aliphatic carbocycles. The van der Waals surface area contributed by atoms with E-state index in [1.54, 1.807) is 22.8 Å². The topological polar surface area (TPSA) is 108 Å². The second-order valence-corrected chi connectivity index (χ2v) is 6.49. The summed E-state index contributed by atoms with van der Waals surface area (Å²) in [6.45, 7) is 0. The van der Waals surface area contributed by atoms with E-state index in [0.29, 0.717) is 16.7 Å². The Kier molecular flexibility index (Phi) is 3.34. The van der Waals surface area contributed by atoms with Crippen molar-refractivity contribution in [1.29, 1.82) is 0 Å². The average molecular weight is 344 g/mol. The number of nitrogens with zero attached hydrogens (tertiary/aromatic N) is 6. The molecule has 3 aromatic heterocycles. The van der Waals surface area contributed by atoms with E-state index in [9.17, 15) is 14.9 Å². The van der Waals surface area contributed by atoms with Gasteiger partial charge in [0.2, 0.25) is 0 Å². The van der Waals surface area contributed by atoms with Crippen molar-refractivity contribution in [2.75, 3.05) is 0 Å². The lowest BCUT2D eigenvalue weighted by atomic mass is 10.4. The van der Waals surface area contributed by atoms with Gasteiger partial charge in [0.15, 0.2) is 10.2 Å². The first kappa shape index (κ1) is 14.8. The molecule has 3 aromatic rings. The van der Waals surface area contributed by atoms with Crippen LogP contribution in [-0.2, 0) is 7.05 Å². The zero-order chi connectivity index (χ0) is 16.8. The third-order valence-corrected chi connectivity index (χ3v) is 4.88. The molecular formula is C14H12N6O3S.